The van der Waals surface area contributed by atoms with Crippen molar-refractivity contribution in [3.8, 4) is 5.75 Å². The SMILES string of the molecule is CCNc1ncnc(NC(C)c2sc(C)nc2C)c1OC. The molecular weight excluding hydrogens is 286 g/mol. The Kier molecular flexibility index (Phi) is 4.95. The van der Waals surface area contributed by atoms with Gasteiger partial charge in [0.2, 0.25) is 5.75 Å². The van der Waals surface area contributed by atoms with Crippen LogP contribution in [0.2, 0.25) is 0 Å². The summed E-state index contributed by atoms with van der Waals surface area (Å²) in [6.45, 7) is 8.92. The molecule has 0 spiro atoms. The lowest BCUT2D eigenvalue weighted by Crippen LogP contribution is -2.11. The van der Waals surface area contributed by atoms with Gasteiger partial charge in [-0.25, -0.2) is 15.0 Å². The van der Waals surface area contributed by atoms with E-state index in [1.54, 1.807) is 18.4 Å². The lowest BCUT2D eigenvalue weighted by molar-refractivity contribution is 0.414. The van der Waals surface area contributed by atoms with Crippen LogP contribution in [0.5, 0.6) is 5.75 Å². The van der Waals surface area contributed by atoms with Crippen molar-refractivity contribution >= 4 is 23.0 Å². The molecule has 114 valence electrons. The first-order valence-electron chi connectivity index (χ1n) is 6.90. The highest BCUT2D eigenvalue weighted by molar-refractivity contribution is 7.11. The van der Waals surface area contributed by atoms with Crippen molar-refractivity contribution in [2.24, 2.45) is 0 Å². The number of nitrogens with zero attached hydrogens (tertiary/aromatic N) is 3. The van der Waals surface area contributed by atoms with Crippen LogP contribution in [-0.4, -0.2) is 28.6 Å². The molecule has 0 bridgehead atoms. The second kappa shape index (κ2) is 6.71. The summed E-state index contributed by atoms with van der Waals surface area (Å²) in [7, 11) is 1.62. The number of aromatic nitrogens is 3. The fraction of sp³-hybridized carbons (Fsp3) is 0.500. The van der Waals surface area contributed by atoms with Gasteiger partial charge < -0.3 is 15.4 Å². The zero-order chi connectivity index (χ0) is 15.4. The zero-order valence-electron chi connectivity index (χ0n) is 13.0. The first-order valence-corrected chi connectivity index (χ1v) is 7.71. The number of nitrogens with one attached hydrogen (secondary N) is 2. The lowest BCUT2D eigenvalue weighted by atomic mass is 10.2. The molecule has 2 heterocycles. The highest BCUT2D eigenvalue weighted by atomic mass is 32.1. The molecule has 0 saturated carbocycles. The standard InChI is InChI=1S/C14H21N5OS/c1-6-15-13-11(20-5)14(17-7-16-13)19-9(3)12-8(2)18-10(4)21-12/h7,9H,6H2,1-5H3,(H2,15,16,17,19). The van der Waals surface area contributed by atoms with Crippen LogP contribution in [0.4, 0.5) is 11.6 Å². The van der Waals surface area contributed by atoms with Crippen molar-refractivity contribution in [1.82, 2.24) is 15.0 Å². The van der Waals surface area contributed by atoms with Crippen LogP contribution in [0.15, 0.2) is 6.33 Å². The molecule has 0 aliphatic carbocycles. The van der Waals surface area contributed by atoms with Gasteiger partial charge in [-0.1, -0.05) is 0 Å². The van der Waals surface area contributed by atoms with E-state index in [-0.39, 0.29) is 6.04 Å². The van der Waals surface area contributed by atoms with E-state index in [1.165, 1.54) is 11.2 Å². The monoisotopic (exact) mass is 307 g/mol. The molecule has 0 aromatic carbocycles. The smallest absolute Gasteiger partial charge is 0.204 e. The average Bonchev–Trinajstić information content (AvgIpc) is 2.78. The number of ether oxygens (including phenoxy) is 1. The Bertz CT molecular complexity index is 613. The molecular formula is C14H21N5OS. The second-order valence-corrected chi connectivity index (χ2v) is 5.92. The summed E-state index contributed by atoms with van der Waals surface area (Å²) in [4.78, 5) is 14.2. The van der Waals surface area contributed by atoms with Crippen molar-refractivity contribution in [2.75, 3.05) is 24.3 Å². The Hall–Kier alpha value is -1.89. The van der Waals surface area contributed by atoms with E-state index in [1.807, 2.05) is 20.8 Å². The number of rotatable bonds is 6. The van der Waals surface area contributed by atoms with Crippen LogP contribution < -0.4 is 15.4 Å². The topological polar surface area (TPSA) is 72.0 Å². The summed E-state index contributed by atoms with van der Waals surface area (Å²) in [5.41, 5.74) is 1.05. The Balaban J connectivity index is 2.26. The van der Waals surface area contributed by atoms with Gasteiger partial charge in [0.1, 0.15) is 6.33 Å². The maximum atomic E-state index is 5.44. The van der Waals surface area contributed by atoms with Crippen molar-refractivity contribution in [2.45, 2.75) is 33.7 Å². The molecule has 2 aromatic rings. The third-order valence-corrected chi connectivity index (χ3v) is 4.29. The lowest BCUT2D eigenvalue weighted by Gasteiger charge is -2.17. The van der Waals surface area contributed by atoms with Crippen LogP contribution in [0.1, 0.15) is 35.5 Å². The van der Waals surface area contributed by atoms with E-state index < -0.39 is 0 Å². The van der Waals surface area contributed by atoms with Gasteiger partial charge in [0.15, 0.2) is 11.6 Å². The third-order valence-electron chi connectivity index (χ3n) is 3.04. The summed E-state index contributed by atoms with van der Waals surface area (Å²) in [5, 5.41) is 7.62. The van der Waals surface area contributed by atoms with Crippen LogP contribution in [0.3, 0.4) is 0 Å². The predicted octanol–water partition coefficient (Wildman–Crippen LogP) is 3.16. The van der Waals surface area contributed by atoms with Gasteiger partial charge >= 0.3 is 0 Å². The van der Waals surface area contributed by atoms with Crippen LogP contribution in [0.25, 0.3) is 0 Å². The number of hydrogen-bond donors (Lipinski definition) is 2. The van der Waals surface area contributed by atoms with Gasteiger partial charge in [-0.2, -0.15) is 0 Å². The summed E-state index contributed by atoms with van der Waals surface area (Å²) in [5.74, 6) is 2.01. The highest BCUT2D eigenvalue weighted by Crippen LogP contribution is 2.33. The molecule has 0 saturated heterocycles. The minimum Gasteiger partial charge on any atom is -0.490 e. The molecule has 21 heavy (non-hydrogen) atoms. The molecule has 1 unspecified atom stereocenters. The molecule has 2 aromatic heterocycles. The van der Waals surface area contributed by atoms with Crippen molar-refractivity contribution < 1.29 is 4.74 Å². The first-order chi connectivity index (χ1) is 10.1. The second-order valence-electron chi connectivity index (χ2n) is 4.68. The van der Waals surface area contributed by atoms with Crippen molar-refractivity contribution in [1.29, 1.82) is 0 Å². The van der Waals surface area contributed by atoms with E-state index >= 15 is 0 Å². The molecule has 2 rings (SSSR count). The molecule has 6 nitrogen and oxygen atoms in total. The molecule has 0 fully saturated rings. The van der Waals surface area contributed by atoms with Crippen LogP contribution in [-0.2, 0) is 0 Å². The molecule has 0 aliphatic heterocycles. The van der Waals surface area contributed by atoms with E-state index in [9.17, 15) is 0 Å². The number of anilines is 2. The fourth-order valence-corrected chi connectivity index (χ4v) is 3.11. The highest BCUT2D eigenvalue weighted by Gasteiger charge is 2.17. The summed E-state index contributed by atoms with van der Waals surface area (Å²) >= 11 is 1.70. The number of aryl methyl sites for hydroxylation is 2. The van der Waals surface area contributed by atoms with Gasteiger partial charge in [-0.05, 0) is 27.7 Å². The van der Waals surface area contributed by atoms with Gasteiger partial charge in [-0.15, -0.1) is 11.3 Å². The van der Waals surface area contributed by atoms with E-state index in [4.69, 9.17) is 4.74 Å². The molecule has 2 N–H and O–H groups in total. The molecule has 0 amide bonds. The maximum absolute atomic E-state index is 5.44. The number of methoxy groups -OCH3 is 1. The Morgan fingerprint density at radius 2 is 2.00 bits per heavy atom. The average molecular weight is 307 g/mol. The van der Waals surface area contributed by atoms with Crippen molar-refractivity contribution in [3.05, 3.63) is 21.9 Å². The van der Waals surface area contributed by atoms with Crippen LogP contribution in [0, 0.1) is 13.8 Å². The first kappa shape index (κ1) is 15.5. The summed E-state index contributed by atoms with van der Waals surface area (Å²) in [6, 6.07) is 0.106. The van der Waals surface area contributed by atoms with E-state index in [0.29, 0.717) is 17.4 Å². The Morgan fingerprint density at radius 1 is 1.29 bits per heavy atom. The van der Waals surface area contributed by atoms with Crippen LogP contribution >= 0.6 is 11.3 Å². The zero-order valence-corrected chi connectivity index (χ0v) is 13.8. The Labute approximate surface area is 129 Å². The van der Waals surface area contributed by atoms with Gasteiger partial charge in [0, 0.05) is 11.4 Å². The number of thiazole rings is 1. The van der Waals surface area contributed by atoms with E-state index in [0.717, 1.165) is 17.2 Å². The molecule has 0 radical (unpaired) electrons. The van der Waals surface area contributed by atoms with E-state index in [2.05, 4.69) is 32.5 Å². The van der Waals surface area contributed by atoms with Gasteiger partial charge in [-0.3, -0.25) is 0 Å². The molecule has 7 heteroatoms. The quantitative estimate of drug-likeness (QED) is 0.854. The summed E-state index contributed by atoms with van der Waals surface area (Å²) < 4.78 is 5.44. The normalized spacial score (nSPS) is 12.0. The maximum Gasteiger partial charge on any atom is 0.204 e. The Morgan fingerprint density at radius 3 is 2.57 bits per heavy atom. The van der Waals surface area contributed by atoms with Gasteiger partial charge in [0.25, 0.3) is 0 Å². The molecule has 0 aliphatic rings. The number of hydrogen-bond acceptors (Lipinski definition) is 7. The fourth-order valence-electron chi connectivity index (χ4n) is 2.18. The predicted molar refractivity (Wildman–Crippen MR) is 86.4 cm³/mol. The summed E-state index contributed by atoms with van der Waals surface area (Å²) in [6.07, 6.45) is 1.53. The largest absolute Gasteiger partial charge is 0.490 e. The van der Waals surface area contributed by atoms with Gasteiger partial charge in [0.05, 0.1) is 23.9 Å². The third kappa shape index (κ3) is 3.41. The van der Waals surface area contributed by atoms with Crippen molar-refractivity contribution in [3.63, 3.8) is 0 Å². The minimum absolute atomic E-state index is 0.106. The minimum atomic E-state index is 0.106. The molecule has 1 atom stereocenters.